The van der Waals surface area contributed by atoms with Crippen LogP contribution >= 0.6 is 0 Å². The Labute approximate surface area is 99.1 Å². The molecule has 0 saturated carbocycles. The molecule has 2 heterocycles. The summed E-state index contributed by atoms with van der Waals surface area (Å²) in [5.41, 5.74) is 5.54. The number of aliphatic hydroxyl groups is 1. The molecule has 0 amide bonds. The van der Waals surface area contributed by atoms with Gasteiger partial charge in [0, 0.05) is 0 Å². The Kier molecular flexibility index (Phi) is 3.70. The molecule has 0 aromatic heterocycles. The average Bonchev–Trinajstić information content (AvgIpc) is 2.82. The van der Waals surface area contributed by atoms with Gasteiger partial charge in [-0.15, -0.1) is 0 Å². The van der Waals surface area contributed by atoms with Gasteiger partial charge in [-0.25, -0.2) is 0 Å². The van der Waals surface area contributed by atoms with Crippen LogP contribution in [-0.4, -0.2) is 38.4 Å². The van der Waals surface area contributed by atoms with E-state index in [1.54, 1.807) is 0 Å². The summed E-state index contributed by atoms with van der Waals surface area (Å²) in [5, 5.41) is 9.09. The van der Waals surface area contributed by atoms with Gasteiger partial charge in [-0.05, 0) is 0 Å². The van der Waals surface area contributed by atoms with Crippen LogP contribution in [0.25, 0.3) is 0 Å². The number of ether oxygens (including phenoxy) is 2. The Hall–Kier alpha value is -0.0500. The molecule has 0 aromatic carbocycles. The zero-order valence-electron chi connectivity index (χ0n) is 8.17. The van der Waals surface area contributed by atoms with E-state index < -0.39 is 21.6 Å². The zero-order chi connectivity index (χ0) is 10.8. The molecule has 6 heteroatoms. The Bertz CT molecular complexity index is 260. The van der Waals surface area contributed by atoms with E-state index in [1.165, 1.54) is 0 Å². The van der Waals surface area contributed by atoms with Gasteiger partial charge in [-0.1, -0.05) is 0 Å². The van der Waals surface area contributed by atoms with Crippen molar-refractivity contribution in [1.82, 2.24) is 0 Å². The van der Waals surface area contributed by atoms with Gasteiger partial charge in [0.25, 0.3) is 0 Å². The minimum atomic E-state index is -0.926. The van der Waals surface area contributed by atoms with Gasteiger partial charge in [0.05, 0.1) is 0 Å². The first-order valence-corrected chi connectivity index (χ1v) is 7.07. The first-order chi connectivity index (χ1) is 7.26. The maximum absolute atomic E-state index is 9.39. The Morgan fingerprint density at radius 3 is 2.87 bits per heavy atom. The third kappa shape index (κ3) is 2.22. The quantitative estimate of drug-likeness (QED) is 0.362. The summed E-state index contributed by atoms with van der Waals surface area (Å²) in [4.78, 5) is 0. The van der Waals surface area contributed by atoms with Crippen LogP contribution in [0.2, 0.25) is 0 Å². The number of nitrogens with two attached hydrogens (primary N) is 1. The molecule has 5 nitrogen and oxygen atoms in total. The van der Waals surface area contributed by atoms with Crippen LogP contribution in [-0.2, 0) is 9.47 Å². The predicted molar refractivity (Wildman–Crippen MR) is 48.0 cm³/mol. The average molecular weight is 328 g/mol. The molecule has 3 unspecified atom stereocenters. The first-order valence-electron chi connectivity index (χ1n) is 4.86. The summed E-state index contributed by atoms with van der Waals surface area (Å²) >= 11 is -0.926. The van der Waals surface area contributed by atoms with Gasteiger partial charge in [0.15, 0.2) is 0 Å². The molecule has 1 saturated heterocycles. The fraction of sp³-hybridized carbons (Fsp3) is 0.778. The SMILES string of the molecule is NC1=C[C@H](C2COC(CO)C2[I-]O)CO1. The molecule has 0 bridgehead atoms. The number of aliphatic hydroxyl groups excluding tert-OH is 1. The van der Waals surface area contributed by atoms with Crippen molar-refractivity contribution in [2.24, 2.45) is 17.6 Å². The summed E-state index contributed by atoms with van der Waals surface area (Å²) in [6.45, 7) is 1.13. The van der Waals surface area contributed by atoms with Crippen molar-refractivity contribution in [1.29, 1.82) is 0 Å². The molecule has 2 rings (SSSR count). The van der Waals surface area contributed by atoms with E-state index >= 15 is 0 Å². The number of halogens is 1. The van der Waals surface area contributed by atoms with E-state index in [9.17, 15) is 3.44 Å². The molecular weight excluding hydrogens is 313 g/mol. The zero-order valence-corrected chi connectivity index (χ0v) is 10.3. The summed E-state index contributed by atoms with van der Waals surface area (Å²) in [6.07, 6.45) is 1.68. The fourth-order valence-corrected chi connectivity index (χ4v) is 4.04. The molecule has 4 N–H and O–H groups in total. The second-order valence-corrected chi connectivity index (χ2v) is 5.80. The second-order valence-electron chi connectivity index (χ2n) is 3.80. The molecule has 0 aliphatic carbocycles. The van der Waals surface area contributed by atoms with Crippen LogP contribution < -0.4 is 27.4 Å². The van der Waals surface area contributed by atoms with Crippen LogP contribution in [0.15, 0.2) is 12.0 Å². The van der Waals surface area contributed by atoms with Gasteiger partial charge >= 0.3 is 99.0 Å². The molecule has 1 fully saturated rings. The molecule has 88 valence electrons. The van der Waals surface area contributed by atoms with E-state index in [1.807, 2.05) is 6.08 Å². The normalized spacial score (nSPS) is 40.5. The third-order valence-electron chi connectivity index (χ3n) is 2.93. The van der Waals surface area contributed by atoms with Gasteiger partial charge < -0.3 is 0 Å². The Balaban J connectivity index is 2.03. The number of hydrogen-bond donors (Lipinski definition) is 3. The molecule has 15 heavy (non-hydrogen) atoms. The molecule has 0 spiro atoms. The van der Waals surface area contributed by atoms with Crippen LogP contribution in [0, 0.1) is 11.8 Å². The second kappa shape index (κ2) is 4.86. The van der Waals surface area contributed by atoms with Crippen molar-refractivity contribution in [2.45, 2.75) is 10.0 Å². The molecule has 2 aliphatic heterocycles. The van der Waals surface area contributed by atoms with Crippen LogP contribution in [0.3, 0.4) is 0 Å². The van der Waals surface area contributed by atoms with E-state index in [4.69, 9.17) is 20.3 Å². The van der Waals surface area contributed by atoms with Crippen molar-refractivity contribution in [3.8, 4) is 0 Å². The fourth-order valence-electron chi connectivity index (χ4n) is 2.09. The number of hydrogen-bond acceptors (Lipinski definition) is 5. The first kappa shape index (κ1) is 11.4. The minimum absolute atomic E-state index is 0.0196. The van der Waals surface area contributed by atoms with E-state index in [2.05, 4.69) is 0 Å². The predicted octanol–water partition coefficient (Wildman–Crippen LogP) is -4.19. The summed E-state index contributed by atoms with van der Waals surface area (Å²) in [7, 11) is 0. The summed E-state index contributed by atoms with van der Waals surface area (Å²) in [5.74, 6) is 0.918. The summed E-state index contributed by atoms with van der Waals surface area (Å²) < 4.78 is 20.1. The summed E-state index contributed by atoms with van der Waals surface area (Å²) in [6, 6.07) is 0. The molecule has 0 radical (unpaired) electrons. The van der Waals surface area contributed by atoms with Gasteiger partial charge in [0.2, 0.25) is 0 Å². The van der Waals surface area contributed by atoms with Crippen molar-refractivity contribution < 1.29 is 39.6 Å². The van der Waals surface area contributed by atoms with E-state index in [0.717, 1.165) is 0 Å². The van der Waals surface area contributed by atoms with Crippen LogP contribution in [0.4, 0.5) is 0 Å². The third-order valence-corrected chi connectivity index (χ3v) is 5.30. The van der Waals surface area contributed by atoms with Crippen LogP contribution in [0.1, 0.15) is 0 Å². The number of alkyl halides is 1. The van der Waals surface area contributed by atoms with Crippen molar-refractivity contribution in [2.75, 3.05) is 19.8 Å². The molecular formula is C9H15INO4-. The van der Waals surface area contributed by atoms with Crippen molar-refractivity contribution >= 4 is 0 Å². The van der Waals surface area contributed by atoms with Gasteiger partial charge in [-0.2, -0.15) is 0 Å². The standard InChI is InChI=1S/C9H15INO4/c11-8-1-5(3-15-8)6-4-14-7(2-12)9(6)10-13/h1,5-7,9,12-13H,2-4,11H2/q-1/t5-,6?,7?,9?/m0/s1. The molecule has 4 atom stereocenters. The van der Waals surface area contributed by atoms with Crippen molar-refractivity contribution in [3.63, 3.8) is 0 Å². The Morgan fingerprint density at radius 2 is 2.33 bits per heavy atom. The van der Waals surface area contributed by atoms with Crippen molar-refractivity contribution in [3.05, 3.63) is 12.0 Å². The topological polar surface area (TPSA) is 84.9 Å². The number of rotatable bonds is 3. The molecule has 2 aliphatic rings. The van der Waals surface area contributed by atoms with E-state index in [-0.39, 0.29) is 28.5 Å². The Morgan fingerprint density at radius 1 is 1.53 bits per heavy atom. The molecule has 0 aromatic rings. The van der Waals surface area contributed by atoms with Crippen LogP contribution in [0.5, 0.6) is 0 Å². The van der Waals surface area contributed by atoms with Gasteiger partial charge in [0.1, 0.15) is 0 Å². The van der Waals surface area contributed by atoms with Gasteiger partial charge in [-0.3, -0.25) is 0 Å². The van der Waals surface area contributed by atoms with E-state index in [0.29, 0.717) is 19.1 Å². The maximum atomic E-state index is 9.39. The monoisotopic (exact) mass is 328 g/mol.